The number of hydrogen-bond acceptors (Lipinski definition) is 2. The van der Waals surface area contributed by atoms with E-state index in [2.05, 4.69) is 17.7 Å². The number of nitrogens with two attached hydrogens (primary N) is 1. The molecule has 1 aliphatic rings. The number of hydrogen-bond donors (Lipinski definition) is 1. The zero-order valence-corrected chi connectivity index (χ0v) is 9.21. The Kier molecular flexibility index (Phi) is 5.00. The van der Waals surface area contributed by atoms with E-state index in [4.69, 9.17) is 12.2 Å². The lowest BCUT2D eigenvalue weighted by Crippen LogP contribution is -2.46. The van der Waals surface area contributed by atoms with Gasteiger partial charge in [0.2, 0.25) is 0 Å². The van der Waals surface area contributed by atoms with Gasteiger partial charge in [-0.1, -0.05) is 6.92 Å². The second-order valence-corrected chi connectivity index (χ2v) is 4.36. The van der Waals surface area contributed by atoms with Gasteiger partial charge in [0.05, 0.1) is 0 Å². The van der Waals surface area contributed by atoms with Crippen LogP contribution in [-0.4, -0.2) is 30.6 Å². The van der Waals surface area contributed by atoms with Crippen molar-refractivity contribution >= 4 is 0 Å². The summed E-state index contributed by atoms with van der Waals surface area (Å²) in [6.45, 7) is 5.44. The molecule has 1 rings (SSSR count). The molecule has 0 radical (unpaired) electrons. The standard InChI is InChI=1S/C12H22N2/c1-3-4-5-7-14-8-6-11(2)9-12(14)10-13/h1,11-12H,4-10,13H2,2H3. The van der Waals surface area contributed by atoms with Crippen molar-refractivity contribution in [2.75, 3.05) is 19.6 Å². The third kappa shape index (κ3) is 3.32. The molecule has 2 heteroatoms. The highest BCUT2D eigenvalue weighted by atomic mass is 15.2. The Morgan fingerprint density at radius 1 is 1.57 bits per heavy atom. The maximum absolute atomic E-state index is 5.78. The largest absolute Gasteiger partial charge is 0.329 e. The van der Waals surface area contributed by atoms with Crippen LogP contribution in [0.15, 0.2) is 0 Å². The number of unbranched alkanes of at least 4 members (excludes halogenated alkanes) is 1. The van der Waals surface area contributed by atoms with Gasteiger partial charge in [-0.25, -0.2) is 0 Å². The minimum Gasteiger partial charge on any atom is -0.329 e. The number of nitrogens with zero attached hydrogens (tertiary/aromatic N) is 1. The van der Waals surface area contributed by atoms with Crippen molar-refractivity contribution in [3.05, 3.63) is 0 Å². The van der Waals surface area contributed by atoms with Gasteiger partial charge in [-0.2, -0.15) is 0 Å². The molecule has 1 heterocycles. The molecule has 0 aromatic carbocycles. The second-order valence-electron chi connectivity index (χ2n) is 4.36. The third-order valence-corrected chi connectivity index (χ3v) is 3.14. The molecular weight excluding hydrogens is 172 g/mol. The van der Waals surface area contributed by atoms with Crippen molar-refractivity contribution in [1.29, 1.82) is 0 Å². The minimum atomic E-state index is 0.594. The van der Waals surface area contributed by atoms with Crippen LogP contribution in [0.1, 0.15) is 32.6 Å². The molecule has 0 aromatic heterocycles. The average molecular weight is 194 g/mol. The maximum Gasteiger partial charge on any atom is 0.0220 e. The Balaban J connectivity index is 2.31. The molecule has 1 aliphatic heterocycles. The molecule has 0 amide bonds. The van der Waals surface area contributed by atoms with Crippen LogP contribution in [0.5, 0.6) is 0 Å². The molecular formula is C12H22N2. The number of piperidine rings is 1. The van der Waals surface area contributed by atoms with Crippen LogP contribution in [0, 0.1) is 18.3 Å². The predicted molar refractivity (Wildman–Crippen MR) is 60.9 cm³/mol. The second kappa shape index (κ2) is 6.06. The van der Waals surface area contributed by atoms with Gasteiger partial charge in [-0.05, 0) is 38.3 Å². The molecule has 80 valence electrons. The number of likely N-dealkylation sites (tertiary alicyclic amines) is 1. The first-order chi connectivity index (χ1) is 6.77. The molecule has 2 nitrogen and oxygen atoms in total. The van der Waals surface area contributed by atoms with E-state index in [-0.39, 0.29) is 0 Å². The summed E-state index contributed by atoms with van der Waals surface area (Å²) in [6, 6.07) is 0.594. The highest BCUT2D eigenvalue weighted by molar-refractivity contribution is 4.85. The van der Waals surface area contributed by atoms with Gasteiger partial charge in [0.1, 0.15) is 0 Å². The Bertz CT molecular complexity index is 195. The highest BCUT2D eigenvalue weighted by Crippen LogP contribution is 2.21. The summed E-state index contributed by atoms with van der Waals surface area (Å²) in [5.74, 6) is 3.53. The van der Waals surface area contributed by atoms with E-state index in [0.29, 0.717) is 6.04 Å². The first-order valence-corrected chi connectivity index (χ1v) is 5.65. The molecule has 2 atom stereocenters. The van der Waals surface area contributed by atoms with Crippen molar-refractivity contribution in [1.82, 2.24) is 4.90 Å². The van der Waals surface area contributed by atoms with Crippen LogP contribution < -0.4 is 5.73 Å². The Morgan fingerprint density at radius 3 is 3.00 bits per heavy atom. The molecule has 2 unspecified atom stereocenters. The summed E-state index contributed by atoms with van der Waals surface area (Å²) < 4.78 is 0. The van der Waals surface area contributed by atoms with Crippen LogP contribution in [0.2, 0.25) is 0 Å². The normalized spacial score (nSPS) is 28.6. The van der Waals surface area contributed by atoms with Gasteiger partial charge in [-0.15, -0.1) is 12.3 Å². The van der Waals surface area contributed by atoms with Crippen molar-refractivity contribution in [2.45, 2.75) is 38.6 Å². The fourth-order valence-corrected chi connectivity index (χ4v) is 2.22. The monoisotopic (exact) mass is 194 g/mol. The minimum absolute atomic E-state index is 0.594. The van der Waals surface area contributed by atoms with Crippen molar-refractivity contribution in [3.8, 4) is 12.3 Å². The molecule has 0 saturated carbocycles. The molecule has 0 spiro atoms. The van der Waals surface area contributed by atoms with Crippen LogP contribution in [0.3, 0.4) is 0 Å². The molecule has 14 heavy (non-hydrogen) atoms. The quantitative estimate of drug-likeness (QED) is 0.542. The summed E-state index contributed by atoms with van der Waals surface area (Å²) in [7, 11) is 0. The molecule has 0 aliphatic carbocycles. The number of terminal acetylenes is 1. The van der Waals surface area contributed by atoms with E-state index in [1.807, 2.05) is 0 Å². The van der Waals surface area contributed by atoms with E-state index in [1.165, 1.54) is 19.4 Å². The lowest BCUT2D eigenvalue weighted by molar-refractivity contribution is 0.122. The van der Waals surface area contributed by atoms with E-state index < -0.39 is 0 Å². The average Bonchev–Trinajstić information content (AvgIpc) is 2.20. The first-order valence-electron chi connectivity index (χ1n) is 5.65. The fourth-order valence-electron chi connectivity index (χ4n) is 2.22. The van der Waals surface area contributed by atoms with Crippen LogP contribution in [-0.2, 0) is 0 Å². The van der Waals surface area contributed by atoms with Crippen molar-refractivity contribution in [3.63, 3.8) is 0 Å². The van der Waals surface area contributed by atoms with E-state index in [9.17, 15) is 0 Å². The number of rotatable bonds is 4. The van der Waals surface area contributed by atoms with Gasteiger partial charge >= 0.3 is 0 Å². The van der Waals surface area contributed by atoms with E-state index >= 15 is 0 Å². The van der Waals surface area contributed by atoms with E-state index in [0.717, 1.165) is 31.8 Å². The lowest BCUT2D eigenvalue weighted by Gasteiger charge is -2.37. The van der Waals surface area contributed by atoms with Crippen molar-refractivity contribution in [2.24, 2.45) is 11.7 Å². The smallest absolute Gasteiger partial charge is 0.0220 e. The van der Waals surface area contributed by atoms with Crippen molar-refractivity contribution < 1.29 is 0 Å². The maximum atomic E-state index is 5.78. The third-order valence-electron chi connectivity index (χ3n) is 3.14. The van der Waals surface area contributed by atoms with Gasteiger partial charge < -0.3 is 5.73 Å². The van der Waals surface area contributed by atoms with Crippen LogP contribution >= 0.6 is 0 Å². The molecule has 0 bridgehead atoms. The molecule has 0 aromatic rings. The van der Waals surface area contributed by atoms with Crippen LogP contribution in [0.4, 0.5) is 0 Å². The summed E-state index contributed by atoms with van der Waals surface area (Å²) in [5.41, 5.74) is 5.78. The van der Waals surface area contributed by atoms with Gasteiger partial charge in [0.25, 0.3) is 0 Å². The predicted octanol–water partition coefficient (Wildman–Crippen LogP) is 1.46. The summed E-state index contributed by atoms with van der Waals surface area (Å²) >= 11 is 0. The van der Waals surface area contributed by atoms with E-state index in [1.54, 1.807) is 0 Å². The van der Waals surface area contributed by atoms with Gasteiger partial charge in [-0.3, -0.25) is 4.90 Å². The zero-order valence-electron chi connectivity index (χ0n) is 9.21. The summed E-state index contributed by atoms with van der Waals surface area (Å²) in [5, 5.41) is 0. The SMILES string of the molecule is C#CCCCN1CCC(C)CC1CN. The zero-order chi connectivity index (χ0) is 10.4. The Labute approximate surface area is 87.8 Å². The highest BCUT2D eigenvalue weighted by Gasteiger charge is 2.24. The first kappa shape index (κ1) is 11.6. The molecule has 1 fully saturated rings. The Morgan fingerprint density at radius 2 is 2.36 bits per heavy atom. The topological polar surface area (TPSA) is 29.3 Å². The lowest BCUT2D eigenvalue weighted by atomic mass is 9.92. The summed E-state index contributed by atoms with van der Waals surface area (Å²) in [6.07, 6.45) is 9.81. The molecule has 1 saturated heterocycles. The van der Waals surface area contributed by atoms with Crippen LogP contribution in [0.25, 0.3) is 0 Å². The fraction of sp³-hybridized carbons (Fsp3) is 0.833. The van der Waals surface area contributed by atoms with Gasteiger partial charge in [0.15, 0.2) is 0 Å². The Hall–Kier alpha value is -0.520. The molecule has 2 N–H and O–H groups in total. The summed E-state index contributed by atoms with van der Waals surface area (Å²) in [4.78, 5) is 2.51. The van der Waals surface area contributed by atoms with Gasteiger partial charge in [0, 0.05) is 19.0 Å².